The molecule has 0 unspecified atom stereocenters. The van der Waals surface area contributed by atoms with Crippen LogP contribution < -0.4 is 0 Å². The van der Waals surface area contributed by atoms with Crippen LogP contribution in [0.15, 0.2) is 28.9 Å². The number of carbonyl (C=O) groups excluding carboxylic acids is 1. The molecule has 94 valence electrons. The SMILES string of the molecule is CCCn1nncc1C(=O)c1cc(C)cc(Br)c1. The number of nitrogens with zero attached hydrogens (tertiary/aromatic N) is 3. The van der Waals surface area contributed by atoms with Gasteiger partial charge in [-0.2, -0.15) is 0 Å². The van der Waals surface area contributed by atoms with E-state index in [-0.39, 0.29) is 5.78 Å². The molecule has 0 aliphatic rings. The molecule has 0 bridgehead atoms. The van der Waals surface area contributed by atoms with Crippen LogP contribution in [-0.2, 0) is 6.54 Å². The summed E-state index contributed by atoms with van der Waals surface area (Å²) >= 11 is 3.40. The normalized spacial score (nSPS) is 10.6. The number of hydrogen-bond donors (Lipinski definition) is 0. The Labute approximate surface area is 114 Å². The molecule has 1 aromatic carbocycles. The van der Waals surface area contributed by atoms with E-state index in [1.54, 1.807) is 4.68 Å². The van der Waals surface area contributed by atoms with Crippen molar-refractivity contribution in [3.8, 4) is 0 Å². The molecule has 2 aromatic rings. The van der Waals surface area contributed by atoms with E-state index >= 15 is 0 Å². The fourth-order valence-corrected chi connectivity index (χ4v) is 2.43. The number of aromatic nitrogens is 3. The smallest absolute Gasteiger partial charge is 0.212 e. The molecular formula is C13H14BrN3O. The van der Waals surface area contributed by atoms with E-state index < -0.39 is 0 Å². The van der Waals surface area contributed by atoms with Crippen LogP contribution in [-0.4, -0.2) is 20.8 Å². The van der Waals surface area contributed by atoms with Gasteiger partial charge in [0.1, 0.15) is 5.69 Å². The van der Waals surface area contributed by atoms with Gasteiger partial charge in [0.05, 0.1) is 6.20 Å². The second-order valence-corrected chi connectivity index (χ2v) is 5.10. The molecule has 4 nitrogen and oxygen atoms in total. The van der Waals surface area contributed by atoms with Crippen LogP contribution in [0.25, 0.3) is 0 Å². The van der Waals surface area contributed by atoms with Crippen molar-refractivity contribution in [3.63, 3.8) is 0 Å². The number of hydrogen-bond acceptors (Lipinski definition) is 3. The van der Waals surface area contributed by atoms with Crippen molar-refractivity contribution in [2.24, 2.45) is 0 Å². The molecular weight excluding hydrogens is 294 g/mol. The largest absolute Gasteiger partial charge is 0.287 e. The standard InChI is InChI=1S/C13H14BrN3O/c1-3-4-17-12(8-15-16-17)13(18)10-5-9(2)6-11(14)7-10/h5-8H,3-4H2,1-2H3. The highest BCUT2D eigenvalue weighted by Gasteiger charge is 2.15. The van der Waals surface area contributed by atoms with Crippen LogP contribution in [0.3, 0.4) is 0 Å². The maximum Gasteiger partial charge on any atom is 0.212 e. The summed E-state index contributed by atoms with van der Waals surface area (Å²) < 4.78 is 2.55. The molecule has 1 aromatic heterocycles. The van der Waals surface area contributed by atoms with E-state index in [0.717, 1.165) is 16.5 Å². The number of ketones is 1. The Morgan fingerprint density at radius 1 is 1.39 bits per heavy atom. The Hall–Kier alpha value is -1.49. The lowest BCUT2D eigenvalue weighted by Crippen LogP contribution is -2.11. The van der Waals surface area contributed by atoms with E-state index in [9.17, 15) is 4.79 Å². The quantitative estimate of drug-likeness (QED) is 0.816. The van der Waals surface area contributed by atoms with Crippen molar-refractivity contribution in [1.82, 2.24) is 15.0 Å². The molecule has 0 saturated carbocycles. The van der Waals surface area contributed by atoms with Gasteiger partial charge in [0.15, 0.2) is 0 Å². The van der Waals surface area contributed by atoms with Crippen LogP contribution in [0.5, 0.6) is 0 Å². The Kier molecular flexibility index (Phi) is 3.91. The number of halogens is 1. The summed E-state index contributed by atoms with van der Waals surface area (Å²) in [5.41, 5.74) is 2.23. The first kappa shape index (κ1) is 13.0. The fourth-order valence-electron chi connectivity index (χ4n) is 1.83. The molecule has 0 spiro atoms. The molecule has 0 saturated heterocycles. The lowest BCUT2D eigenvalue weighted by molar-refractivity contribution is 0.102. The molecule has 0 fully saturated rings. The second-order valence-electron chi connectivity index (χ2n) is 4.19. The van der Waals surface area contributed by atoms with Crippen LogP contribution in [0, 0.1) is 6.92 Å². The zero-order valence-corrected chi connectivity index (χ0v) is 11.9. The van der Waals surface area contributed by atoms with Gasteiger partial charge in [0.2, 0.25) is 5.78 Å². The van der Waals surface area contributed by atoms with Crippen molar-refractivity contribution in [2.75, 3.05) is 0 Å². The van der Waals surface area contributed by atoms with Crippen LogP contribution in [0.4, 0.5) is 0 Å². The molecule has 0 N–H and O–H groups in total. The maximum atomic E-state index is 12.4. The van der Waals surface area contributed by atoms with Crippen molar-refractivity contribution in [3.05, 3.63) is 45.7 Å². The summed E-state index contributed by atoms with van der Waals surface area (Å²) in [7, 11) is 0. The zero-order valence-electron chi connectivity index (χ0n) is 10.4. The van der Waals surface area contributed by atoms with Crippen molar-refractivity contribution in [2.45, 2.75) is 26.8 Å². The molecule has 1 heterocycles. The van der Waals surface area contributed by atoms with Gasteiger partial charge in [-0.3, -0.25) is 4.79 Å². The highest BCUT2D eigenvalue weighted by molar-refractivity contribution is 9.10. The average molecular weight is 308 g/mol. The molecule has 0 atom stereocenters. The number of carbonyl (C=O) groups is 1. The van der Waals surface area contributed by atoms with E-state index in [0.29, 0.717) is 17.8 Å². The fraction of sp³-hybridized carbons (Fsp3) is 0.308. The first-order valence-electron chi connectivity index (χ1n) is 5.82. The minimum atomic E-state index is -0.0437. The van der Waals surface area contributed by atoms with E-state index in [1.807, 2.05) is 32.0 Å². The molecule has 0 amide bonds. The first-order valence-corrected chi connectivity index (χ1v) is 6.61. The minimum absolute atomic E-state index is 0.0437. The third-order valence-electron chi connectivity index (χ3n) is 2.59. The molecule has 2 rings (SSSR count). The highest BCUT2D eigenvalue weighted by Crippen LogP contribution is 2.18. The zero-order chi connectivity index (χ0) is 13.1. The van der Waals surface area contributed by atoms with Crippen molar-refractivity contribution >= 4 is 21.7 Å². The van der Waals surface area contributed by atoms with Gasteiger partial charge in [-0.15, -0.1) is 5.10 Å². The summed E-state index contributed by atoms with van der Waals surface area (Å²) in [6.45, 7) is 4.70. The molecule has 18 heavy (non-hydrogen) atoms. The summed E-state index contributed by atoms with van der Waals surface area (Å²) in [4.78, 5) is 12.4. The Balaban J connectivity index is 2.38. The Bertz CT molecular complexity index is 557. The monoisotopic (exact) mass is 307 g/mol. The van der Waals surface area contributed by atoms with Gasteiger partial charge in [0, 0.05) is 16.6 Å². The van der Waals surface area contributed by atoms with E-state index in [2.05, 4.69) is 26.2 Å². The molecule has 0 aliphatic heterocycles. The van der Waals surface area contributed by atoms with Crippen LogP contribution >= 0.6 is 15.9 Å². The summed E-state index contributed by atoms with van der Waals surface area (Å²) in [5, 5.41) is 7.74. The van der Waals surface area contributed by atoms with Crippen molar-refractivity contribution in [1.29, 1.82) is 0 Å². The molecule has 5 heteroatoms. The van der Waals surface area contributed by atoms with Crippen LogP contribution in [0.1, 0.15) is 35.0 Å². The number of rotatable bonds is 4. The topological polar surface area (TPSA) is 47.8 Å². The third kappa shape index (κ3) is 2.67. The average Bonchev–Trinajstić information content (AvgIpc) is 2.75. The summed E-state index contributed by atoms with van der Waals surface area (Å²) in [6.07, 6.45) is 2.44. The van der Waals surface area contributed by atoms with Gasteiger partial charge in [-0.1, -0.05) is 28.1 Å². The molecule has 0 radical (unpaired) electrons. The molecule has 0 aliphatic carbocycles. The maximum absolute atomic E-state index is 12.4. The third-order valence-corrected chi connectivity index (χ3v) is 3.05. The van der Waals surface area contributed by atoms with Gasteiger partial charge < -0.3 is 0 Å². The van der Waals surface area contributed by atoms with E-state index in [1.165, 1.54) is 6.20 Å². The summed E-state index contributed by atoms with van der Waals surface area (Å²) in [6, 6.07) is 5.66. The highest BCUT2D eigenvalue weighted by atomic mass is 79.9. The predicted molar refractivity (Wildman–Crippen MR) is 72.6 cm³/mol. The lowest BCUT2D eigenvalue weighted by atomic mass is 10.1. The number of aryl methyl sites for hydroxylation is 2. The summed E-state index contributed by atoms with van der Waals surface area (Å²) in [5.74, 6) is -0.0437. The number of benzene rings is 1. The minimum Gasteiger partial charge on any atom is -0.287 e. The van der Waals surface area contributed by atoms with Crippen LogP contribution in [0.2, 0.25) is 0 Å². The second kappa shape index (κ2) is 5.44. The Morgan fingerprint density at radius 3 is 2.83 bits per heavy atom. The predicted octanol–water partition coefficient (Wildman–Crippen LogP) is 2.99. The van der Waals surface area contributed by atoms with Crippen molar-refractivity contribution < 1.29 is 4.79 Å². The first-order chi connectivity index (χ1) is 8.61. The van der Waals surface area contributed by atoms with E-state index in [4.69, 9.17) is 0 Å². The lowest BCUT2D eigenvalue weighted by Gasteiger charge is -2.05. The van der Waals surface area contributed by atoms with Gasteiger partial charge >= 0.3 is 0 Å². The Morgan fingerprint density at radius 2 is 2.17 bits per heavy atom. The van der Waals surface area contributed by atoms with Gasteiger partial charge in [-0.25, -0.2) is 4.68 Å². The van der Waals surface area contributed by atoms with Gasteiger partial charge in [-0.05, 0) is 37.1 Å². The van der Waals surface area contributed by atoms with Gasteiger partial charge in [0.25, 0.3) is 0 Å².